The van der Waals surface area contributed by atoms with Crippen molar-refractivity contribution >= 4 is 0 Å². The molecule has 17 heavy (non-hydrogen) atoms. The van der Waals surface area contributed by atoms with E-state index in [1.165, 1.54) is 0 Å². The Hall–Kier alpha value is -1.47. The predicted octanol–water partition coefficient (Wildman–Crippen LogP) is 3.29. The SMILES string of the molecule is C#CCCNC(CC(F)(F)F)c1ccccc1. The van der Waals surface area contributed by atoms with Crippen LogP contribution in [0.15, 0.2) is 30.3 Å². The number of halogens is 3. The van der Waals surface area contributed by atoms with Gasteiger partial charge in [-0.1, -0.05) is 30.3 Å². The van der Waals surface area contributed by atoms with E-state index in [1.807, 2.05) is 0 Å². The van der Waals surface area contributed by atoms with E-state index in [0.717, 1.165) is 0 Å². The molecule has 0 saturated carbocycles. The molecule has 1 N–H and O–H groups in total. The average molecular weight is 241 g/mol. The first-order valence-corrected chi connectivity index (χ1v) is 5.31. The lowest BCUT2D eigenvalue weighted by Gasteiger charge is -2.20. The zero-order valence-electron chi connectivity index (χ0n) is 9.30. The Morgan fingerprint density at radius 2 is 1.88 bits per heavy atom. The van der Waals surface area contributed by atoms with Gasteiger partial charge in [0.15, 0.2) is 0 Å². The Kier molecular flexibility index (Phi) is 5.05. The highest BCUT2D eigenvalue weighted by atomic mass is 19.4. The maximum atomic E-state index is 12.4. The minimum Gasteiger partial charge on any atom is -0.309 e. The fourth-order valence-electron chi connectivity index (χ4n) is 1.54. The normalized spacial score (nSPS) is 13.1. The van der Waals surface area contributed by atoms with Crippen molar-refractivity contribution in [1.29, 1.82) is 0 Å². The largest absolute Gasteiger partial charge is 0.390 e. The molecule has 0 aliphatic heterocycles. The second-order valence-corrected chi connectivity index (χ2v) is 3.69. The quantitative estimate of drug-likeness (QED) is 0.616. The van der Waals surface area contributed by atoms with Gasteiger partial charge in [0.2, 0.25) is 0 Å². The highest BCUT2D eigenvalue weighted by Gasteiger charge is 2.32. The molecule has 0 saturated heterocycles. The minimum absolute atomic E-state index is 0.381. The number of alkyl halides is 3. The third-order valence-electron chi connectivity index (χ3n) is 2.30. The van der Waals surface area contributed by atoms with Crippen molar-refractivity contribution in [2.75, 3.05) is 6.54 Å². The van der Waals surface area contributed by atoms with Gasteiger partial charge in [-0.05, 0) is 5.56 Å². The Bertz CT molecular complexity index is 364. The maximum Gasteiger partial charge on any atom is 0.390 e. The molecule has 0 bridgehead atoms. The van der Waals surface area contributed by atoms with Gasteiger partial charge >= 0.3 is 6.18 Å². The molecule has 1 unspecified atom stereocenters. The lowest BCUT2D eigenvalue weighted by molar-refractivity contribution is -0.140. The summed E-state index contributed by atoms with van der Waals surface area (Å²) in [7, 11) is 0. The molecule has 1 atom stereocenters. The van der Waals surface area contributed by atoms with Gasteiger partial charge in [-0.3, -0.25) is 0 Å². The highest BCUT2D eigenvalue weighted by Crippen LogP contribution is 2.29. The van der Waals surface area contributed by atoms with Gasteiger partial charge in [-0.2, -0.15) is 13.2 Å². The van der Waals surface area contributed by atoms with Crippen molar-refractivity contribution in [2.24, 2.45) is 0 Å². The Morgan fingerprint density at radius 1 is 1.24 bits per heavy atom. The van der Waals surface area contributed by atoms with Crippen LogP contribution in [0.3, 0.4) is 0 Å². The zero-order valence-corrected chi connectivity index (χ0v) is 9.30. The summed E-state index contributed by atoms with van der Waals surface area (Å²) in [5.41, 5.74) is 0.627. The summed E-state index contributed by atoms with van der Waals surface area (Å²) in [5.74, 6) is 2.39. The van der Waals surface area contributed by atoms with Crippen LogP contribution in [0, 0.1) is 12.3 Å². The first-order valence-electron chi connectivity index (χ1n) is 5.31. The van der Waals surface area contributed by atoms with Gasteiger partial charge in [-0.15, -0.1) is 12.3 Å². The standard InChI is InChI=1S/C13H14F3N/c1-2-3-9-17-12(10-13(14,15)16)11-7-5-4-6-8-11/h1,4-8,12,17H,3,9-10H2. The third-order valence-corrected chi connectivity index (χ3v) is 2.30. The number of nitrogens with one attached hydrogen (secondary N) is 1. The summed E-state index contributed by atoms with van der Waals surface area (Å²) in [5, 5.41) is 2.83. The smallest absolute Gasteiger partial charge is 0.309 e. The van der Waals surface area contributed by atoms with E-state index in [-0.39, 0.29) is 0 Å². The summed E-state index contributed by atoms with van der Waals surface area (Å²) >= 11 is 0. The van der Waals surface area contributed by atoms with Crippen LogP contribution in [0.2, 0.25) is 0 Å². The van der Waals surface area contributed by atoms with Gasteiger partial charge in [0.1, 0.15) is 0 Å². The van der Waals surface area contributed by atoms with Gasteiger partial charge < -0.3 is 5.32 Å². The molecule has 4 heteroatoms. The molecule has 0 heterocycles. The van der Waals surface area contributed by atoms with Gasteiger partial charge in [-0.25, -0.2) is 0 Å². The topological polar surface area (TPSA) is 12.0 Å². The van der Waals surface area contributed by atoms with E-state index >= 15 is 0 Å². The fourth-order valence-corrected chi connectivity index (χ4v) is 1.54. The maximum absolute atomic E-state index is 12.4. The molecule has 0 aromatic heterocycles. The van der Waals surface area contributed by atoms with Crippen LogP contribution < -0.4 is 5.32 Å². The second kappa shape index (κ2) is 6.31. The van der Waals surface area contributed by atoms with Crippen LogP contribution in [-0.4, -0.2) is 12.7 Å². The van der Waals surface area contributed by atoms with Crippen molar-refractivity contribution in [2.45, 2.75) is 25.1 Å². The molecule has 1 nitrogen and oxygen atoms in total. The van der Waals surface area contributed by atoms with Crippen molar-refractivity contribution in [3.63, 3.8) is 0 Å². The summed E-state index contributed by atoms with van der Waals surface area (Å²) in [6, 6.07) is 7.85. The molecule has 0 aliphatic rings. The van der Waals surface area contributed by atoms with Crippen molar-refractivity contribution in [1.82, 2.24) is 5.32 Å². The van der Waals surface area contributed by atoms with E-state index in [9.17, 15) is 13.2 Å². The van der Waals surface area contributed by atoms with Gasteiger partial charge in [0.05, 0.1) is 6.42 Å². The van der Waals surface area contributed by atoms with Crippen LogP contribution >= 0.6 is 0 Å². The monoisotopic (exact) mass is 241 g/mol. The first-order chi connectivity index (χ1) is 8.03. The van der Waals surface area contributed by atoms with E-state index in [1.54, 1.807) is 30.3 Å². The van der Waals surface area contributed by atoms with Gasteiger partial charge in [0.25, 0.3) is 0 Å². The zero-order chi connectivity index (χ0) is 12.7. The van der Waals surface area contributed by atoms with E-state index in [0.29, 0.717) is 18.5 Å². The fraction of sp³-hybridized carbons (Fsp3) is 0.385. The van der Waals surface area contributed by atoms with Crippen LogP contribution in [0.4, 0.5) is 13.2 Å². The molecule has 92 valence electrons. The second-order valence-electron chi connectivity index (χ2n) is 3.69. The minimum atomic E-state index is -4.19. The molecular formula is C13H14F3N. The number of hydrogen-bond acceptors (Lipinski definition) is 1. The van der Waals surface area contributed by atoms with Crippen LogP contribution in [-0.2, 0) is 0 Å². The molecule has 1 aromatic carbocycles. The molecule has 0 fully saturated rings. The van der Waals surface area contributed by atoms with E-state index in [2.05, 4.69) is 11.2 Å². The molecule has 0 amide bonds. The number of hydrogen-bond donors (Lipinski definition) is 1. The van der Waals surface area contributed by atoms with Crippen molar-refractivity contribution in [3.05, 3.63) is 35.9 Å². The highest BCUT2D eigenvalue weighted by molar-refractivity contribution is 5.19. The van der Waals surface area contributed by atoms with Crippen LogP contribution in [0.1, 0.15) is 24.4 Å². The van der Waals surface area contributed by atoms with Gasteiger partial charge in [0, 0.05) is 19.0 Å². The number of benzene rings is 1. The van der Waals surface area contributed by atoms with Crippen molar-refractivity contribution in [3.8, 4) is 12.3 Å². The van der Waals surface area contributed by atoms with Crippen molar-refractivity contribution < 1.29 is 13.2 Å². The lowest BCUT2D eigenvalue weighted by Crippen LogP contribution is -2.27. The lowest BCUT2D eigenvalue weighted by atomic mass is 10.0. The molecule has 0 radical (unpaired) electrons. The summed E-state index contributed by atoms with van der Waals surface area (Å²) in [4.78, 5) is 0. The molecule has 0 spiro atoms. The van der Waals surface area contributed by atoms with E-state index < -0.39 is 18.6 Å². The Balaban J connectivity index is 2.69. The predicted molar refractivity (Wildman–Crippen MR) is 61.3 cm³/mol. The summed E-state index contributed by atoms with van der Waals surface area (Å²) in [6.45, 7) is 0.381. The van der Waals surface area contributed by atoms with Crippen LogP contribution in [0.25, 0.3) is 0 Å². The number of rotatable bonds is 5. The Labute approximate surface area is 99.0 Å². The van der Waals surface area contributed by atoms with E-state index in [4.69, 9.17) is 6.42 Å². The Morgan fingerprint density at radius 3 is 2.41 bits per heavy atom. The average Bonchev–Trinajstić information content (AvgIpc) is 2.28. The molecular weight excluding hydrogens is 227 g/mol. The summed E-state index contributed by atoms with van der Waals surface area (Å²) < 4.78 is 37.3. The van der Waals surface area contributed by atoms with Crippen LogP contribution in [0.5, 0.6) is 0 Å². The number of terminal acetylenes is 1. The summed E-state index contributed by atoms with van der Waals surface area (Å²) in [6.07, 6.45) is 0.408. The third kappa shape index (κ3) is 5.41. The first kappa shape index (κ1) is 13.6. The molecule has 1 rings (SSSR count). The molecule has 1 aromatic rings. The molecule has 0 aliphatic carbocycles.